The summed E-state index contributed by atoms with van der Waals surface area (Å²) >= 11 is 0. The standard InChI is InChI=1S/C12H19NO16S2/c14-3-1-4(10(17)18)28-12(7(3)15)29-9-5(2-26-31(23,24)25)27-11(19)6(8(9)16)13-30(20,21)22/h1,3,5-9,11-16,19H,2H2,(H,17,18)(H,20,21,22)(H,23,24,25)/t3-,5+,6+,7+,8+,9+,11+,12-/m0/s1. The fourth-order valence-corrected chi connectivity index (χ4v) is 3.63. The van der Waals surface area contributed by atoms with E-state index in [0.717, 1.165) is 0 Å². The van der Waals surface area contributed by atoms with Crippen LogP contribution in [0.1, 0.15) is 0 Å². The molecular weight excluding hydrogens is 478 g/mol. The van der Waals surface area contributed by atoms with E-state index in [1.54, 1.807) is 0 Å². The molecule has 31 heavy (non-hydrogen) atoms. The molecule has 2 heterocycles. The van der Waals surface area contributed by atoms with Crippen LogP contribution in [0.4, 0.5) is 0 Å². The zero-order chi connectivity index (χ0) is 23.7. The highest BCUT2D eigenvalue weighted by Crippen LogP contribution is 2.28. The molecule has 19 heteroatoms. The van der Waals surface area contributed by atoms with E-state index in [1.165, 1.54) is 4.72 Å². The van der Waals surface area contributed by atoms with Crippen LogP contribution in [-0.4, -0.2) is 113 Å². The Morgan fingerprint density at radius 1 is 1.10 bits per heavy atom. The van der Waals surface area contributed by atoms with Gasteiger partial charge < -0.3 is 39.7 Å². The first kappa shape index (κ1) is 25.8. The molecule has 17 nitrogen and oxygen atoms in total. The molecular formula is C12H19NO16S2. The Bertz CT molecular complexity index is 900. The quantitative estimate of drug-likeness (QED) is 0.146. The molecule has 0 aromatic heterocycles. The first-order valence-corrected chi connectivity index (χ1v) is 10.9. The largest absolute Gasteiger partial charge is 0.475 e. The maximum absolute atomic E-state index is 11.1. The second-order valence-electron chi connectivity index (χ2n) is 6.29. The van der Waals surface area contributed by atoms with Crippen LogP contribution in [-0.2, 0) is 43.9 Å². The summed E-state index contributed by atoms with van der Waals surface area (Å²) in [7, 11) is -10.1. The summed E-state index contributed by atoms with van der Waals surface area (Å²) in [5.74, 6) is -2.54. The van der Waals surface area contributed by atoms with Crippen LogP contribution in [0, 0.1) is 0 Å². The van der Waals surface area contributed by atoms with Crippen LogP contribution in [0.25, 0.3) is 0 Å². The minimum atomic E-state index is -5.05. The molecule has 180 valence electrons. The molecule has 2 aliphatic rings. The van der Waals surface area contributed by atoms with Gasteiger partial charge in [-0.05, 0) is 6.08 Å². The molecule has 1 fully saturated rings. The summed E-state index contributed by atoms with van der Waals surface area (Å²) in [6.45, 7) is -1.12. The number of aliphatic carboxylic acids is 1. The van der Waals surface area contributed by atoms with Gasteiger partial charge in [-0.15, -0.1) is 0 Å². The Morgan fingerprint density at radius 3 is 2.23 bits per heavy atom. The molecule has 0 radical (unpaired) electrons. The lowest BCUT2D eigenvalue weighted by Gasteiger charge is -2.44. The van der Waals surface area contributed by atoms with Gasteiger partial charge >= 0.3 is 26.7 Å². The van der Waals surface area contributed by atoms with E-state index in [0.29, 0.717) is 6.08 Å². The van der Waals surface area contributed by atoms with Gasteiger partial charge in [-0.3, -0.25) is 9.11 Å². The fourth-order valence-electron chi connectivity index (χ4n) is 2.72. The highest BCUT2D eigenvalue weighted by atomic mass is 32.3. The third kappa shape index (κ3) is 7.00. The van der Waals surface area contributed by atoms with Crippen LogP contribution in [0.15, 0.2) is 11.8 Å². The number of ether oxygens (including phenoxy) is 3. The van der Waals surface area contributed by atoms with Crippen LogP contribution in [0.5, 0.6) is 0 Å². The molecule has 2 aliphatic heterocycles. The summed E-state index contributed by atoms with van der Waals surface area (Å²) in [6.07, 6.45) is -13.3. The average Bonchev–Trinajstić information content (AvgIpc) is 2.61. The van der Waals surface area contributed by atoms with Crippen LogP contribution >= 0.6 is 0 Å². The molecule has 0 aromatic carbocycles. The summed E-state index contributed by atoms with van der Waals surface area (Å²) < 4.78 is 81.8. The van der Waals surface area contributed by atoms with Crippen LogP contribution < -0.4 is 4.72 Å². The van der Waals surface area contributed by atoms with Crippen molar-refractivity contribution in [1.29, 1.82) is 0 Å². The Labute approximate surface area is 174 Å². The summed E-state index contributed by atoms with van der Waals surface area (Å²) in [4.78, 5) is 11.1. The Balaban J connectivity index is 2.31. The molecule has 0 spiro atoms. The molecule has 8 atom stereocenters. The van der Waals surface area contributed by atoms with Crippen molar-refractivity contribution < 1.29 is 74.7 Å². The second-order valence-corrected chi connectivity index (χ2v) is 8.57. The van der Waals surface area contributed by atoms with E-state index >= 15 is 0 Å². The fraction of sp³-hybridized carbons (Fsp3) is 0.750. The Morgan fingerprint density at radius 2 is 1.71 bits per heavy atom. The third-order valence-electron chi connectivity index (χ3n) is 4.05. The van der Waals surface area contributed by atoms with Crippen LogP contribution in [0.2, 0.25) is 0 Å². The predicted octanol–water partition coefficient (Wildman–Crippen LogP) is -4.92. The minimum absolute atomic E-state index is 0.631. The van der Waals surface area contributed by atoms with Crippen molar-refractivity contribution >= 4 is 26.7 Å². The SMILES string of the molecule is O=C(O)C1=C[C@H](O)[C@@H](O)[C@H](O[C@H]2[C@H](O)[C@@H](NS(=O)(=O)O)[C@H](O)O[C@@H]2COS(=O)(=O)O)O1. The smallest absolute Gasteiger partial charge is 0.397 e. The van der Waals surface area contributed by atoms with E-state index in [-0.39, 0.29) is 0 Å². The summed E-state index contributed by atoms with van der Waals surface area (Å²) in [6, 6.07) is -2.01. The number of hydrogen-bond donors (Lipinski definition) is 8. The average molecular weight is 497 g/mol. The highest BCUT2D eigenvalue weighted by Gasteiger charge is 2.50. The van der Waals surface area contributed by atoms with Gasteiger partial charge in [0.2, 0.25) is 12.0 Å². The molecule has 0 amide bonds. The van der Waals surface area contributed by atoms with E-state index < -0.39 is 88.2 Å². The van der Waals surface area contributed by atoms with Gasteiger partial charge in [-0.1, -0.05) is 0 Å². The Kier molecular flexibility index (Phi) is 7.95. The van der Waals surface area contributed by atoms with Crippen molar-refractivity contribution in [3.63, 3.8) is 0 Å². The molecule has 2 rings (SSSR count). The van der Waals surface area contributed by atoms with E-state index in [9.17, 15) is 42.1 Å². The number of hydrogen-bond acceptors (Lipinski definition) is 13. The molecule has 0 unspecified atom stereocenters. The van der Waals surface area contributed by atoms with Crippen molar-refractivity contribution in [1.82, 2.24) is 4.72 Å². The number of aliphatic hydroxyl groups is 4. The normalized spacial score (nSPS) is 37.0. The van der Waals surface area contributed by atoms with Crippen molar-refractivity contribution in [2.45, 2.75) is 49.1 Å². The predicted molar refractivity (Wildman–Crippen MR) is 90.3 cm³/mol. The molecule has 8 N–H and O–H groups in total. The zero-order valence-corrected chi connectivity index (χ0v) is 16.7. The first-order chi connectivity index (χ1) is 14.1. The maximum Gasteiger partial charge on any atom is 0.397 e. The van der Waals surface area contributed by atoms with Crippen molar-refractivity contribution in [2.75, 3.05) is 6.61 Å². The maximum atomic E-state index is 11.1. The third-order valence-corrected chi connectivity index (χ3v) is 5.06. The van der Waals surface area contributed by atoms with E-state index in [2.05, 4.69) is 4.18 Å². The lowest BCUT2D eigenvalue weighted by molar-refractivity contribution is -0.305. The number of carboxylic acids is 1. The number of carboxylic acid groups (broad SMARTS) is 1. The van der Waals surface area contributed by atoms with Crippen molar-refractivity contribution in [2.24, 2.45) is 0 Å². The second kappa shape index (κ2) is 9.56. The monoisotopic (exact) mass is 497 g/mol. The topological polar surface area (TPSA) is 276 Å². The number of nitrogens with one attached hydrogen (secondary N) is 1. The van der Waals surface area contributed by atoms with E-state index in [4.69, 9.17) is 28.4 Å². The lowest BCUT2D eigenvalue weighted by atomic mass is 9.97. The summed E-state index contributed by atoms with van der Waals surface area (Å²) in [5.41, 5.74) is 0. The number of rotatable bonds is 8. The van der Waals surface area contributed by atoms with E-state index in [1.807, 2.05) is 0 Å². The number of aliphatic hydroxyl groups excluding tert-OH is 4. The zero-order valence-electron chi connectivity index (χ0n) is 15.0. The minimum Gasteiger partial charge on any atom is -0.475 e. The van der Waals surface area contributed by atoms with Crippen LogP contribution in [0.3, 0.4) is 0 Å². The summed E-state index contributed by atoms with van der Waals surface area (Å²) in [5, 5.41) is 49.0. The van der Waals surface area contributed by atoms with Gasteiger partial charge in [-0.2, -0.15) is 21.6 Å². The van der Waals surface area contributed by atoms with Gasteiger partial charge in [0, 0.05) is 0 Å². The van der Waals surface area contributed by atoms with Gasteiger partial charge in [0.15, 0.2) is 6.29 Å². The first-order valence-electron chi connectivity index (χ1n) is 8.10. The van der Waals surface area contributed by atoms with Crippen molar-refractivity contribution in [3.05, 3.63) is 11.8 Å². The molecule has 1 saturated heterocycles. The molecule has 0 bridgehead atoms. The van der Waals surface area contributed by atoms with Gasteiger partial charge in [0.05, 0.1) is 6.61 Å². The molecule has 0 saturated carbocycles. The lowest BCUT2D eigenvalue weighted by Crippen LogP contribution is -2.66. The van der Waals surface area contributed by atoms with Gasteiger partial charge in [-0.25, -0.2) is 8.98 Å². The highest BCUT2D eigenvalue weighted by molar-refractivity contribution is 7.83. The molecule has 0 aromatic rings. The number of carbonyl (C=O) groups is 1. The van der Waals surface area contributed by atoms with Gasteiger partial charge in [0.25, 0.3) is 0 Å². The van der Waals surface area contributed by atoms with Gasteiger partial charge in [0.1, 0.15) is 36.6 Å². The molecule has 0 aliphatic carbocycles. The van der Waals surface area contributed by atoms with Crippen molar-refractivity contribution in [3.8, 4) is 0 Å². The Hall–Kier alpha value is -1.49.